The van der Waals surface area contributed by atoms with Crippen LogP contribution in [0, 0.1) is 0 Å². The van der Waals surface area contributed by atoms with E-state index < -0.39 is 12.1 Å². The fourth-order valence-electron chi connectivity index (χ4n) is 5.18. The van der Waals surface area contributed by atoms with Crippen LogP contribution < -0.4 is 5.73 Å². The number of unbranched alkanes of at least 4 members (excludes halogenated alkanes) is 26. The van der Waals surface area contributed by atoms with Crippen LogP contribution in [-0.2, 0) is 0 Å². The summed E-state index contributed by atoms with van der Waals surface area (Å²) in [5, 5.41) is 18.6. The summed E-state index contributed by atoms with van der Waals surface area (Å²) >= 11 is 0. The molecule has 0 saturated carbocycles. The third-order valence-electron chi connectivity index (χ3n) is 7.81. The number of hydrogen-bond acceptors (Lipinski definition) is 3. The summed E-state index contributed by atoms with van der Waals surface area (Å²) < 4.78 is 0. The average Bonchev–Trinajstić information content (AvgIpc) is 2.87. The molecule has 0 aromatic heterocycles. The normalized spacial score (nSPS) is 13.4. The number of aliphatic hydroxyl groups is 2. The smallest absolute Gasteiger partial charge is 0.0713 e. The summed E-state index contributed by atoms with van der Waals surface area (Å²) in [4.78, 5) is 0. The second-order valence-electron chi connectivity index (χ2n) is 11.4. The molecule has 0 rings (SSSR count). The van der Waals surface area contributed by atoms with Crippen molar-refractivity contribution in [3.8, 4) is 0 Å². The molecule has 0 aliphatic heterocycles. The minimum Gasteiger partial charge on any atom is -0.395 e. The number of nitrogens with two attached hydrogens (primary N) is 1. The Morgan fingerprint density at radius 1 is 0.429 bits per heavy atom. The number of hydrogen-bond donors (Lipinski definition) is 3. The van der Waals surface area contributed by atoms with Crippen molar-refractivity contribution in [2.75, 3.05) is 6.61 Å². The van der Waals surface area contributed by atoms with E-state index >= 15 is 0 Å². The average molecular weight is 498 g/mol. The van der Waals surface area contributed by atoms with Crippen LogP contribution in [0.15, 0.2) is 0 Å². The topological polar surface area (TPSA) is 66.5 Å². The van der Waals surface area contributed by atoms with E-state index in [1.807, 2.05) is 0 Å². The van der Waals surface area contributed by atoms with Crippen molar-refractivity contribution in [3.63, 3.8) is 0 Å². The van der Waals surface area contributed by atoms with Crippen LogP contribution in [-0.4, -0.2) is 29.0 Å². The van der Waals surface area contributed by atoms with E-state index in [2.05, 4.69) is 6.92 Å². The lowest BCUT2D eigenvalue weighted by atomic mass is 10.0. The van der Waals surface area contributed by atoms with Gasteiger partial charge in [0.05, 0.1) is 18.8 Å². The van der Waals surface area contributed by atoms with Crippen molar-refractivity contribution in [2.24, 2.45) is 5.73 Å². The van der Waals surface area contributed by atoms with Gasteiger partial charge in [-0.05, 0) is 6.42 Å². The van der Waals surface area contributed by atoms with Gasteiger partial charge in [0.2, 0.25) is 0 Å². The first-order valence-corrected chi connectivity index (χ1v) is 16.3. The molecule has 0 fully saturated rings. The molecular weight excluding hydrogens is 430 g/mol. The van der Waals surface area contributed by atoms with Crippen molar-refractivity contribution in [3.05, 3.63) is 0 Å². The van der Waals surface area contributed by atoms with Gasteiger partial charge in [0.1, 0.15) is 0 Å². The Bertz CT molecular complexity index is 377. The first-order chi connectivity index (χ1) is 17.2. The molecule has 0 spiro atoms. The van der Waals surface area contributed by atoms with E-state index in [0.29, 0.717) is 0 Å². The Morgan fingerprint density at radius 3 is 0.886 bits per heavy atom. The predicted molar refractivity (Wildman–Crippen MR) is 156 cm³/mol. The highest BCUT2D eigenvalue weighted by Gasteiger charge is 2.12. The maximum Gasteiger partial charge on any atom is 0.0713 e. The number of rotatable bonds is 30. The maximum atomic E-state index is 9.73. The summed E-state index contributed by atoms with van der Waals surface area (Å²) in [6.07, 6.45) is 38.2. The van der Waals surface area contributed by atoms with Gasteiger partial charge in [-0.25, -0.2) is 0 Å². The zero-order valence-corrected chi connectivity index (χ0v) is 24.1. The third-order valence-corrected chi connectivity index (χ3v) is 7.81. The molecule has 0 aromatic carbocycles. The van der Waals surface area contributed by atoms with Crippen molar-refractivity contribution in [2.45, 2.75) is 199 Å². The summed E-state index contributed by atoms with van der Waals surface area (Å²) in [5.41, 5.74) is 5.62. The van der Waals surface area contributed by atoms with Crippen molar-refractivity contribution >= 4 is 0 Å². The molecule has 0 radical (unpaired) electrons. The molecule has 0 aromatic rings. The molecule has 3 heteroatoms. The summed E-state index contributed by atoms with van der Waals surface area (Å²) in [7, 11) is 0. The van der Waals surface area contributed by atoms with Gasteiger partial charge in [0, 0.05) is 0 Å². The maximum absolute atomic E-state index is 9.73. The van der Waals surface area contributed by atoms with Crippen molar-refractivity contribution in [1.82, 2.24) is 0 Å². The Balaban J connectivity index is 3.07. The molecule has 4 N–H and O–H groups in total. The molecule has 0 unspecified atom stereocenters. The van der Waals surface area contributed by atoms with Crippen molar-refractivity contribution < 1.29 is 10.2 Å². The standard InChI is InChI=1S/C32H67NO2/c1-2-3-4-5-6-7-8-9-10-11-12-13-14-15-16-17-18-19-20-21-22-23-24-25-26-27-28-29-32(35)31(33)30-34/h31-32,34-35H,2-30,33H2,1H3/t31-,32+/m0/s1. The van der Waals surface area contributed by atoms with Gasteiger partial charge >= 0.3 is 0 Å². The molecule has 2 atom stereocenters. The lowest BCUT2D eigenvalue weighted by Crippen LogP contribution is -2.37. The second-order valence-corrected chi connectivity index (χ2v) is 11.4. The molecule has 212 valence electrons. The Labute approximate surface area is 221 Å². The first-order valence-electron chi connectivity index (χ1n) is 16.3. The van der Waals surface area contributed by atoms with Crippen LogP contribution in [0.3, 0.4) is 0 Å². The van der Waals surface area contributed by atoms with E-state index in [9.17, 15) is 5.11 Å². The SMILES string of the molecule is CCCCCCCCCCCCCCCCCCCCCCCCCCCCC[C@@H](O)[C@@H](N)CO. The van der Waals surface area contributed by atoms with Gasteiger partial charge in [-0.15, -0.1) is 0 Å². The lowest BCUT2D eigenvalue weighted by Gasteiger charge is -2.15. The highest BCUT2D eigenvalue weighted by Crippen LogP contribution is 2.16. The largest absolute Gasteiger partial charge is 0.395 e. The molecule has 3 nitrogen and oxygen atoms in total. The fraction of sp³-hybridized carbons (Fsp3) is 1.00. The first kappa shape index (κ1) is 34.9. The van der Waals surface area contributed by atoms with Crippen LogP contribution in [0.1, 0.15) is 187 Å². The third kappa shape index (κ3) is 28.3. The Hall–Kier alpha value is -0.120. The van der Waals surface area contributed by atoms with Gasteiger partial charge in [0.25, 0.3) is 0 Å². The Morgan fingerprint density at radius 2 is 0.657 bits per heavy atom. The monoisotopic (exact) mass is 498 g/mol. The summed E-state index contributed by atoms with van der Waals surface area (Å²) in [6.45, 7) is 2.17. The quantitative estimate of drug-likeness (QED) is 0.0865. The van der Waals surface area contributed by atoms with Gasteiger partial charge in [-0.1, -0.05) is 180 Å². The van der Waals surface area contributed by atoms with Crippen LogP contribution in [0.5, 0.6) is 0 Å². The van der Waals surface area contributed by atoms with Gasteiger partial charge in [-0.2, -0.15) is 0 Å². The predicted octanol–water partition coefficient (Wildman–Crippen LogP) is 9.61. The zero-order valence-electron chi connectivity index (χ0n) is 24.1. The molecule has 0 heterocycles. The number of aliphatic hydroxyl groups excluding tert-OH is 2. The summed E-state index contributed by atoms with van der Waals surface area (Å²) in [6, 6.07) is -0.473. The van der Waals surface area contributed by atoms with E-state index in [-0.39, 0.29) is 6.61 Å². The Kier molecular flexibility index (Phi) is 30.0. The van der Waals surface area contributed by atoms with E-state index in [0.717, 1.165) is 12.8 Å². The minimum absolute atomic E-state index is 0.124. The molecule has 0 aliphatic carbocycles. The van der Waals surface area contributed by atoms with E-state index in [4.69, 9.17) is 10.8 Å². The molecule has 0 amide bonds. The summed E-state index contributed by atoms with van der Waals surface area (Å²) in [5.74, 6) is 0. The minimum atomic E-state index is -0.542. The van der Waals surface area contributed by atoms with Crippen LogP contribution >= 0.6 is 0 Å². The lowest BCUT2D eigenvalue weighted by molar-refractivity contribution is 0.0990. The molecule has 0 bridgehead atoms. The van der Waals surface area contributed by atoms with Crippen LogP contribution in [0.2, 0.25) is 0 Å². The molecular formula is C32H67NO2. The van der Waals surface area contributed by atoms with Crippen LogP contribution in [0.4, 0.5) is 0 Å². The van der Waals surface area contributed by atoms with E-state index in [1.54, 1.807) is 0 Å². The van der Waals surface area contributed by atoms with Gasteiger partial charge < -0.3 is 15.9 Å². The van der Waals surface area contributed by atoms with Crippen LogP contribution in [0.25, 0.3) is 0 Å². The van der Waals surface area contributed by atoms with Crippen molar-refractivity contribution in [1.29, 1.82) is 0 Å². The zero-order chi connectivity index (χ0) is 25.7. The van der Waals surface area contributed by atoms with E-state index in [1.165, 1.54) is 167 Å². The molecule has 0 saturated heterocycles. The molecule has 35 heavy (non-hydrogen) atoms. The van der Waals surface area contributed by atoms with Gasteiger partial charge in [0.15, 0.2) is 0 Å². The highest BCUT2D eigenvalue weighted by molar-refractivity contribution is 4.70. The van der Waals surface area contributed by atoms with Gasteiger partial charge in [-0.3, -0.25) is 0 Å². The molecule has 0 aliphatic rings. The highest BCUT2D eigenvalue weighted by atomic mass is 16.3. The second kappa shape index (κ2) is 30.1. The fourth-order valence-corrected chi connectivity index (χ4v) is 5.18.